The van der Waals surface area contributed by atoms with E-state index < -0.39 is 11.4 Å². The maximum atomic E-state index is 14.4. The van der Waals surface area contributed by atoms with E-state index in [1.165, 1.54) is 27.4 Å². The molecule has 1 aromatic carbocycles. The van der Waals surface area contributed by atoms with Crippen LogP contribution in [0.15, 0.2) is 44.3 Å². The zero-order valence-electron chi connectivity index (χ0n) is 17.5. The molecule has 4 heterocycles. The van der Waals surface area contributed by atoms with Crippen LogP contribution in [0.1, 0.15) is 37.6 Å². The molecule has 4 aromatic heterocycles. The monoisotopic (exact) mass is 432 g/mol. The molecule has 0 saturated carbocycles. The van der Waals surface area contributed by atoms with Gasteiger partial charge in [-0.3, -0.25) is 9.20 Å². The number of hydrogen-bond donors (Lipinski definition) is 0. The molecule has 0 spiro atoms. The molecular weight excluding hydrogens is 415 g/mol. The van der Waals surface area contributed by atoms with Crippen molar-refractivity contribution in [2.75, 3.05) is 0 Å². The first kappa shape index (κ1) is 19.7. The Bertz CT molecular complexity index is 1600. The molecule has 0 aliphatic rings. The molecule has 1 unspecified atom stereocenters. The molecule has 160 valence electrons. The Hall–Kier alpha value is -4.26. The van der Waals surface area contributed by atoms with Crippen LogP contribution in [0, 0.1) is 24.1 Å². The van der Waals surface area contributed by atoms with Gasteiger partial charge in [-0.15, -0.1) is 0 Å². The molecule has 0 fully saturated rings. The normalized spacial score (nSPS) is 12.5. The SMILES string of the molecule is CCC(C)n1c(=O)c2c(-c3noc(-c4ccc(C)o4)n3)ncn2c2ccc(F)c(C#N)c21. The Kier molecular flexibility index (Phi) is 4.41. The summed E-state index contributed by atoms with van der Waals surface area (Å²) in [5.41, 5.74) is 0.505. The number of nitriles is 1. The molecule has 0 N–H and O–H groups in total. The van der Waals surface area contributed by atoms with Crippen LogP contribution in [0.25, 0.3) is 39.7 Å². The Morgan fingerprint density at radius 2 is 2.06 bits per heavy atom. The molecular formula is C22H17FN6O3. The third-order valence-electron chi connectivity index (χ3n) is 5.53. The zero-order chi connectivity index (χ0) is 22.6. The van der Waals surface area contributed by atoms with Gasteiger partial charge in [-0.25, -0.2) is 9.37 Å². The molecule has 10 heteroatoms. The van der Waals surface area contributed by atoms with Gasteiger partial charge >= 0.3 is 0 Å². The number of fused-ring (bicyclic) bond motifs is 3. The second-order valence-corrected chi connectivity index (χ2v) is 7.48. The van der Waals surface area contributed by atoms with Gasteiger partial charge in [-0.1, -0.05) is 12.1 Å². The summed E-state index contributed by atoms with van der Waals surface area (Å²) in [5.74, 6) is 0.683. The molecule has 9 nitrogen and oxygen atoms in total. The molecule has 5 aromatic rings. The Labute approximate surface area is 180 Å². The van der Waals surface area contributed by atoms with Crippen molar-refractivity contribution in [3.05, 3.63) is 58.1 Å². The zero-order valence-corrected chi connectivity index (χ0v) is 17.5. The first-order valence-corrected chi connectivity index (χ1v) is 9.99. The molecule has 0 aliphatic carbocycles. The van der Waals surface area contributed by atoms with Crippen LogP contribution in [-0.4, -0.2) is 24.1 Å². The van der Waals surface area contributed by atoms with Gasteiger partial charge in [-0.2, -0.15) is 10.2 Å². The van der Waals surface area contributed by atoms with E-state index in [1.807, 2.05) is 19.9 Å². The van der Waals surface area contributed by atoms with Crippen molar-refractivity contribution in [3.63, 3.8) is 0 Å². The number of hydrogen-bond acceptors (Lipinski definition) is 7. The van der Waals surface area contributed by atoms with Gasteiger partial charge in [0.05, 0.1) is 11.0 Å². The molecule has 1 atom stereocenters. The van der Waals surface area contributed by atoms with Crippen LogP contribution in [0.4, 0.5) is 4.39 Å². The van der Waals surface area contributed by atoms with Crippen molar-refractivity contribution in [2.45, 2.75) is 33.2 Å². The first-order valence-electron chi connectivity index (χ1n) is 9.99. The van der Waals surface area contributed by atoms with E-state index >= 15 is 0 Å². The standard InChI is InChI=1S/C22H17FN6O3/c1-4-11(2)29-18-13(9-24)14(23)6-7-15(18)28-10-25-17(19(28)22(29)30)20-26-21(32-27-20)16-8-5-12(3)31-16/h5-8,10-11H,4H2,1-3H3. The van der Waals surface area contributed by atoms with Crippen LogP contribution in [0.5, 0.6) is 0 Å². The van der Waals surface area contributed by atoms with Gasteiger partial charge < -0.3 is 13.5 Å². The van der Waals surface area contributed by atoms with E-state index in [2.05, 4.69) is 15.1 Å². The van der Waals surface area contributed by atoms with Crippen LogP contribution in [0.3, 0.4) is 0 Å². The lowest BCUT2D eigenvalue weighted by Gasteiger charge is -2.18. The average molecular weight is 432 g/mol. The fraction of sp³-hybridized carbons (Fsp3) is 0.227. The maximum Gasteiger partial charge on any atom is 0.293 e. The summed E-state index contributed by atoms with van der Waals surface area (Å²) >= 11 is 0. The predicted octanol–water partition coefficient (Wildman–Crippen LogP) is 4.25. The number of aromatic nitrogens is 5. The van der Waals surface area contributed by atoms with Gasteiger partial charge in [-0.05, 0) is 44.5 Å². The average Bonchev–Trinajstić information content (AvgIpc) is 3.52. The fourth-order valence-corrected chi connectivity index (χ4v) is 3.79. The van der Waals surface area contributed by atoms with Crippen LogP contribution < -0.4 is 5.56 Å². The van der Waals surface area contributed by atoms with E-state index in [0.717, 1.165) is 0 Å². The fourth-order valence-electron chi connectivity index (χ4n) is 3.79. The Morgan fingerprint density at radius 3 is 2.75 bits per heavy atom. The van der Waals surface area contributed by atoms with E-state index in [-0.39, 0.29) is 40.0 Å². The molecule has 32 heavy (non-hydrogen) atoms. The predicted molar refractivity (Wildman–Crippen MR) is 112 cm³/mol. The highest BCUT2D eigenvalue weighted by Crippen LogP contribution is 2.29. The number of rotatable bonds is 4. The van der Waals surface area contributed by atoms with Crippen molar-refractivity contribution < 1.29 is 13.3 Å². The summed E-state index contributed by atoms with van der Waals surface area (Å²) in [4.78, 5) is 22.3. The van der Waals surface area contributed by atoms with E-state index in [4.69, 9.17) is 8.94 Å². The van der Waals surface area contributed by atoms with Gasteiger partial charge in [0.2, 0.25) is 5.82 Å². The first-order chi connectivity index (χ1) is 15.4. The summed E-state index contributed by atoms with van der Waals surface area (Å²) < 4.78 is 28.2. The molecule has 0 aliphatic heterocycles. The Morgan fingerprint density at radius 1 is 1.25 bits per heavy atom. The third-order valence-corrected chi connectivity index (χ3v) is 5.53. The quantitative estimate of drug-likeness (QED) is 0.417. The molecule has 0 bridgehead atoms. The lowest BCUT2D eigenvalue weighted by Crippen LogP contribution is -2.26. The van der Waals surface area contributed by atoms with Crippen LogP contribution in [0.2, 0.25) is 0 Å². The summed E-state index contributed by atoms with van der Waals surface area (Å²) in [7, 11) is 0. The minimum Gasteiger partial charge on any atom is -0.456 e. The largest absolute Gasteiger partial charge is 0.456 e. The van der Waals surface area contributed by atoms with Gasteiger partial charge in [0, 0.05) is 6.04 Å². The summed E-state index contributed by atoms with van der Waals surface area (Å²) in [5, 5.41) is 13.6. The highest BCUT2D eigenvalue weighted by molar-refractivity contribution is 5.87. The molecule has 5 rings (SSSR count). The van der Waals surface area contributed by atoms with Crippen molar-refractivity contribution in [2.24, 2.45) is 0 Å². The van der Waals surface area contributed by atoms with Crippen molar-refractivity contribution >= 4 is 16.6 Å². The molecule has 0 radical (unpaired) electrons. The van der Waals surface area contributed by atoms with Crippen LogP contribution in [-0.2, 0) is 0 Å². The van der Waals surface area contributed by atoms with Gasteiger partial charge in [0.1, 0.15) is 40.7 Å². The topological polar surface area (TPSA) is 115 Å². The number of imidazole rings is 1. The van der Waals surface area contributed by atoms with Crippen molar-refractivity contribution in [3.8, 4) is 29.2 Å². The molecule has 0 saturated heterocycles. The smallest absolute Gasteiger partial charge is 0.293 e. The van der Waals surface area contributed by atoms with E-state index in [9.17, 15) is 14.4 Å². The van der Waals surface area contributed by atoms with E-state index in [1.54, 1.807) is 19.1 Å². The van der Waals surface area contributed by atoms with Crippen molar-refractivity contribution in [1.82, 2.24) is 24.1 Å². The summed E-state index contributed by atoms with van der Waals surface area (Å²) in [6, 6.07) is 7.81. The number of nitrogens with zero attached hydrogens (tertiary/aromatic N) is 6. The number of halogens is 1. The van der Waals surface area contributed by atoms with Crippen LogP contribution >= 0.6 is 0 Å². The van der Waals surface area contributed by atoms with Crippen molar-refractivity contribution in [1.29, 1.82) is 5.26 Å². The number of benzene rings is 1. The second kappa shape index (κ2) is 7.16. The maximum absolute atomic E-state index is 14.4. The molecule has 0 amide bonds. The summed E-state index contributed by atoms with van der Waals surface area (Å²) in [6.45, 7) is 5.54. The van der Waals surface area contributed by atoms with E-state index in [0.29, 0.717) is 23.5 Å². The van der Waals surface area contributed by atoms with Gasteiger partial charge in [0.15, 0.2) is 5.76 Å². The highest BCUT2D eigenvalue weighted by atomic mass is 19.1. The lowest BCUT2D eigenvalue weighted by atomic mass is 10.1. The highest BCUT2D eigenvalue weighted by Gasteiger charge is 2.25. The number of furan rings is 1. The lowest BCUT2D eigenvalue weighted by molar-refractivity contribution is 0.414. The minimum absolute atomic E-state index is 0.117. The number of aryl methyl sites for hydroxylation is 1. The summed E-state index contributed by atoms with van der Waals surface area (Å²) in [6.07, 6.45) is 2.03. The third kappa shape index (κ3) is 2.75. The Balaban J connectivity index is 1.83. The second-order valence-electron chi connectivity index (χ2n) is 7.48. The van der Waals surface area contributed by atoms with Gasteiger partial charge in [0.25, 0.3) is 11.4 Å². The minimum atomic E-state index is -0.687.